The minimum atomic E-state index is -0.877. The zero-order valence-electron chi connectivity index (χ0n) is 14.0. The van der Waals surface area contributed by atoms with Gasteiger partial charge in [-0.3, -0.25) is 0 Å². The molecule has 3 aliphatic carbocycles. The molecule has 1 saturated carbocycles. The van der Waals surface area contributed by atoms with Crippen LogP contribution in [-0.4, -0.2) is 27.0 Å². The Morgan fingerprint density at radius 2 is 2.00 bits per heavy atom. The third kappa shape index (κ3) is 1.96. The Labute approximate surface area is 137 Å². The molecule has 0 saturated heterocycles. The summed E-state index contributed by atoms with van der Waals surface area (Å²) in [5.74, 6) is 0.672. The van der Waals surface area contributed by atoms with Crippen molar-refractivity contribution in [1.29, 1.82) is 0 Å². The van der Waals surface area contributed by atoms with Gasteiger partial charge in [-0.15, -0.1) is 0 Å². The first kappa shape index (κ1) is 15.2. The van der Waals surface area contributed by atoms with Gasteiger partial charge in [0.1, 0.15) is 5.75 Å². The fourth-order valence-electron chi connectivity index (χ4n) is 5.55. The molecule has 124 valence electrons. The SMILES string of the molecule is CCC1(O)C[C@@]2(C)C(CC[C@@H]2O)C2=C1c1ccc(O)cc1CC2. The van der Waals surface area contributed by atoms with Crippen LogP contribution in [0.2, 0.25) is 0 Å². The van der Waals surface area contributed by atoms with Gasteiger partial charge in [0.25, 0.3) is 0 Å². The van der Waals surface area contributed by atoms with Crippen molar-refractivity contribution in [3.63, 3.8) is 0 Å². The summed E-state index contributed by atoms with van der Waals surface area (Å²) in [6, 6.07) is 5.53. The molecule has 1 aromatic rings. The van der Waals surface area contributed by atoms with Crippen molar-refractivity contribution in [2.24, 2.45) is 11.3 Å². The van der Waals surface area contributed by atoms with Crippen LogP contribution >= 0.6 is 0 Å². The molecule has 0 aromatic heterocycles. The third-order valence-electron chi connectivity index (χ3n) is 6.77. The monoisotopic (exact) mass is 314 g/mol. The van der Waals surface area contributed by atoms with Crippen LogP contribution in [0, 0.1) is 11.3 Å². The molecule has 0 amide bonds. The van der Waals surface area contributed by atoms with Gasteiger partial charge >= 0.3 is 0 Å². The summed E-state index contributed by atoms with van der Waals surface area (Å²) >= 11 is 0. The fraction of sp³-hybridized carbons (Fsp3) is 0.600. The maximum absolute atomic E-state index is 11.5. The predicted molar refractivity (Wildman–Crippen MR) is 90.0 cm³/mol. The number of fused-ring (bicyclic) bond motifs is 4. The normalized spacial score (nSPS) is 39.0. The smallest absolute Gasteiger partial charge is 0.115 e. The number of aryl methyl sites for hydroxylation is 1. The van der Waals surface area contributed by atoms with Gasteiger partial charge in [-0.1, -0.05) is 25.5 Å². The van der Waals surface area contributed by atoms with Gasteiger partial charge in [-0.05, 0) is 73.3 Å². The number of phenolic OH excluding ortho intramolecular Hbond substituents is 1. The number of phenols is 1. The number of benzene rings is 1. The average Bonchev–Trinajstić information content (AvgIpc) is 2.81. The van der Waals surface area contributed by atoms with E-state index >= 15 is 0 Å². The van der Waals surface area contributed by atoms with E-state index in [0.717, 1.165) is 42.4 Å². The summed E-state index contributed by atoms with van der Waals surface area (Å²) in [6.07, 6.45) is 4.65. The Bertz CT molecular complexity index is 692. The molecule has 3 aliphatic rings. The molecule has 3 nitrogen and oxygen atoms in total. The van der Waals surface area contributed by atoms with E-state index in [-0.39, 0.29) is 11.5 Å². The third-order valence-corrected chi connectivity index (χ3v) is 6.77. The lowest BCUT2D eigenvalue weighted by Gasteiger charge is -2.51. The van der Waals surface area contributed by atoms with E-state index in [1.807, 2.05) is 19.1 Å². The van der Waals surface area contributed by atoms with Crippen LogP contribution in [0.1, 0.15) is 57.1 Å². The van der Waals surface area contributed by atoms with Crippen molar-refractivity contribution in [2.75, 3.05) is 0 Å². The van der Waals surface area contributed by atoms with Crippen molar-refractivity contribution in [2.45, 2.75) is 64.1 Å². The highest BCUT2D eigenvalue weighted by atomic mass is 16.3. The van der Waals surface area contributed by atoms with Crippen molar-refractivity contribution >= 4 is 5.57 Å². The Balaban J connectivity index is 1.94. The standard InChI is InChI=1S/C20H26O3/c1-3-20(23)11-19(2)16(8-9-17(19)22)15-6-4-12-10-13(21)5-7-14(12)18(15)20/h5,7,10,16-17,21-23H,3-4,6,8-9,11H2,1-2H3/t16?,17-,19-,20?/m0/s1. The van der Waals surface area contributed by atoms with Crippen molar-refractivity contribution < 1.29 is 15.3 Å². The number of aliphatic hydroxyl groups is 2. The van der Waals surface area contributed by atoms with Crippen LogP contribution in [0.3, 0.4) is 0 Å². The van der Waals surface area contributed by atoms with Gasteiger partial charge < -0.3 is 15.3 Å². The molecule has 3 N–H and O–H groups in total. The van der Waals surface area contributed by atoms with Gasteiger partial charge in [-0.25, -0.2) is 0 Å². The van der Waals surface area contributed by atoms with Gasteiger partial charge in [0.05, 0.1) is 11.7 Å². The molecule has 0 aliphatic heterocycles. The lowest BCUT2D eigenvalue weighted by Crippen LogP contribution is -2.48. The zero-order valence-corrected chi connectivity index (χ0v) is 14.0. The van der Waals surface area contributed by atoms with Crippen molar-refractivity contribution in [3.8, 4) is 5.75 Å². The van der Waals surface area contributed by atoms with Crippen LogP contribution in [0.4, 0.5) is 0 Å². The molecule has 0 bridgehead atoms. The number of rotatable bonds is 1. The van der Waals surface area contributed by atoms with Gasteiger partial charge in [0.15, 0.2) is 0 Å². The molecule has 2 unspecified atom stereocenters. The van der Waals surface area contributed by atoms with Gasteiger partial charge in [-0.2, -0.15) is 0 Å². The van der Waals surface area contributed by atoms with Crippen LogP contribution in [-0.2, 0) is 6.42 Å². The summed E-state index contributed by atoms with van der Waals surface area (Å²) in [5.41, 5.74) is 3.61. The summed E-state index contributed by atoms with van der Waals surface area (Å²) in [5, 5.41) is 31.8. The van der Waals surface area contributed by atoms with Gasteiger partial charge in [0, 0.05) is 5.41 Å². The summed E-state index contributed by atoms with van der Waals surface area (Å²) in [4.78, 5) is 0. The maximum Gasteiger partial charge on any atom is 0.115 e. The van der Waals surface area contributed by atoms with Crippen LogP contribution in [0.25, 0.3) is 5.57 Å². The lowest BCUT2D eigenvalue weighted by atomic mass is 9.56. The topological polar surface area (TPSA) is 60.7 Å². The van der Waals surface area contributed by atoms with E-state index in [4.69, 9.17) is 0 Å². The molecule has 0 heterocycles. The number of hydrogen-bond acceptors (Lipinski definition) is 3. The van der Waals surface area contributed by atoms with Gasteiger partial charge in [0.2, 0.25) is 0 Å². The maximum atomic E-state index is 11.5. The second-order valence-corrected chi connectivity index (χ2v) is 7.96. The number of aromatic hydroxyl groups is 1. The Morgan fingerprint density at radius 3 is 2.74 bits per heavy atom. The Morgan fingerprint density at radius 1 is 1.22 bits per heavy atom. The molecular formula is C20H26O3. The van der Waals surface area contributed by atoms with E-state index in [9.17, 15) is 15.3 Å². The summed E-state index contributed by atoms with van der Waals surface area (Å²) in [7, 11) is 0. The molecule has 1 fully saturated rings. The highest BCUT2D eigenvalue weighted by Crippen LogP contribution is 2.61. The quantitative estimate of drug-likeness (QED) is 0.744. The van der Waals surface area contributed by atoms with Crippen LogP contribution < -0.4 is 0 Å². The second-order valence-electron chi connectivity index (χ2n) is 7.96. The molecule has 4 atom stereocenters. The first-order valence-corrected chi connectivity index (χ1v) is 8.85. The minimum Gasteiger partial charge on any atom is -0.508 e. The first-order valence-electron chi connectivity index (χ1n) is 8.85. The largest absolute Gasteiger partial charge is 0.508 e. The number of allylic oxidation sites excluding steroid dienone is 1. The zero-order chi connectivity index (χ0) is 16.4. The lowest BCUT2D eigenvalue weighted by molar-refractivity contribution is -0.0356. The molecule has 0 spiro atoms. The van der Waals surface area contributed by atoms with E-state index in [2.05, 4.69) is 6.92 Å². The Kier molecular flexibility index (Phi) is 3.20. The molecule has 1 aromatic carbocycles. The highest BCUT2D eigenvalue weighted by Gasteiger charge is 2.57. The van der Waals surface area contributed by atoms with E-state index in [1.54, 1.807) is 6.07 Å². The van der Waals surface area contributed by atoms with E-state index < -0.39 is 5.60 Å². The average molecular weight is 314 g/mol. The second kappa shape index (κ2) is 4.84. The van der Waals surface area contributed by atoms with Crippen molar-refractivity contribution in [1.82, 2.24) is 0 Å². The fourth-order valence-corrected chi connectivity index (χ4v) is 5.55. The molecule has 4 rings (SSSR count). The molecule has 23 heavy (non-hydrogen) atoms. The minimum absolute atomic E-state index is 0.210. The summed E-state index contributed by atoms with van der Waals surface area (Å²) in [6.45, 7) is 4.19. The first-order chi connectivity index (χ1) is 10.9. The number of hydrogen-bond donors (Lipinski definition) is 3. The summed E-state index contributed by atoms with van der Waals surface area (Å²) < 4.78 is 0. The predicted octanol–water partition coefficient (Wildman–Crippen LogP) is 3.41. The highest BCUT2D eigenvalue weighted by molar-refractivity contribution is 5.80. The molecule has 0 radical (unpaired) electrons. The van der Waals surface area contributed by atoms with E-state index in [0.29, 0.717) is 24.5 Å². The number of aliphatic hydroxyl groups excluding tert-OH is 1. The Hall–Kier alpha value is -1.32. The van der Waals surface area contributed by atoms with Crippen LogP contribution in [0.5, 0.6) is 5.75 Å². The molecular weight excluding hydrogens is 288 g/mol. The van der Waals surface area contributed by atoms with E-state index in [1.165, 1.54) is 5.57 Å². The van der Waals surface area contributed by atoms with Crippen LogP contribution in [0.15, 0.2) is 23.8 Å². The molecule has 3 heteroatoms. The van der Waals surface area contributed by atoms with Crippen molar-refractivity contribution in [3.05, 3.63) is 34.9 Å².